The quantitative estimate of drug-likeness (QED) is 0.630. The molecule has 0 spiro atoms. The van der Waals surface area contributed by atoms with E-state index in [1.165, 1.54) is 11.1 Å². The molecule has 1 saturated heterocycles. The maximum atomic E-state index is 12.8. The minimum absolute atomic E-state index is 0.0220. The number of rotatable bonds is 8. The van der Waals surface area contributed by atoms with Gasteiger partial charge in [-0.1, -0.05) is 55.5 Å². The van der Waals surface area contributed by atoms with Gasteiger partial charge in [0.2, 0.25) is 5.91 Å². The molecule has 0 aromatic heterocycles. The fourth-order valence-electron chi connectivity index (χ4n) is 5.01. The van der Waals surface area contributed by atoms with Crippen LogP contribution in [-0.4, -0.2) is 53.2 Å². The minimum Gasteiger partial charge on any atom is -0.481 e. The molecular formula is C26H30N2O5. The molecule has 1 fully saturated rings. The molecule has 7 heteroatoms. The lowest BCUT2D eigenvalue weighted by molar-refractivity contribution is -0.140. The summed E-state index contributed by atoms with van der Waals surface area (Å²) < 4.78 is 5.60. The van der Waals surface area contributed by atoms with E-state index in [0.29, 0.717) is 19.4 Å². The number of alkyl carbamates (subject to hydrolysis) is 1. The Hall–Kier alpha value is -3.35. The highest BCUT2D eigenvalue weighted by Gasteiger charge is 2.32. The van der Waals surface area contributed by atoms with E-state index in [1.807, 2.05) is 31.2 Å². The van der Waals surface area contributed by atoms with Crippen molar-refractivity contribution in [2.75, 3.05) is 13.2 Å². The van der Waals surface area contributed by atoms with Gasteiger partial charge in [-0.25, -0.2) is 4.79 Å². The van der Waals surface area contributed by atoms with E-state index >= 15 is 0 Å². The van der Waals surface area contributed by atoms with Crippen LogP contribution in [0.5, 0.6) is 0 Å². The van der Waals surface area contributed by atoms with Crippen molar-refractivity contribution in [3.8, 4) is 11.1 Å². The first-order chi connectivity index (χ1) is 16.0. The van der Waals surface area contributed by atoms with Gasteiger partial charge in [-0.05, 0) is 41.5 Å². The molecule has 2 aliphatic rings. The molecule has 2 aromatic carbocycles. The predicted octanol–water partition coefficient (Wildman–Crippen LogP) is 4.16. The molecular weight excluding hydrogens is 420 g/mol. The molecule has 0 unspecified atom stereocenters. The van der Waals surface area contributed by atoms with Gasteiger partial charge < -0.3 is 20.1 Å². The smallest absolute Gasteiger partial charge is 0.407 e. The monoisotopic (exact) mass is 450 g/mol. The number of aliphatic carboxylic acids is 1. The molecule has 7 nitrogen and oxygen atoms in total. The number of carboxylic acid groups (broad SMARTS) is 1. The van der Waals surface area contributed by atoms with Crippen molar-refractivity contribution in [3.05, 3.63) is 59.7 Å². The zero-order chi connectivity index (χ0) is 23.4. The number of hydrogen-bond acceptors (Lipinski definition) is 4. The Bertz CT molecular complexity index is 991. The second-order valence-corrected chi connectivity index (χ2v) is 8.76. The molecule has 174 valence electrons. The van der Waals surface area contributed by atoms with E-state index in [0.717, 1.165) is 17.5 Å². The number of benzene rings is 2. The Kier molecular flexibility index (Phi) is 6.96. The van der Waals surface area contributed by atoms with E-state index in [-0.39, 0.29) is 43.4 Å². The zero-order valence-electron chi connectivity index (χ0n) is 18.8. The molecule has 2 amide bonds. The Morgan fingerprint density at radius 2 is 1.73 bits per heavy atom. The number of carboxylic acids is 1. The number of amides is 2. The predicted molar refractivity (Wildman–Crippen MR) is 124 cm³/mol. The first-order valence-corrected chi connectivity index (χ1v) is 11.6. The number of ether oxygens (including phenoxy) is 1. The summed E-state index contributed by atoms with van der Waals surface area (Å²) in [5.41, 5.74) is 4.63. The number of likely N-dealkylation sites (tertiary alicyclic amines) is 1. The Morgan fingerprint density at radius 3 is 2.33 bits per heavy atom. The van der Waals surface area contributed by atoms with Gasteiger partial charge >= 0.3 is 12.1 Å². The van der Waals surface area contributed by atoms with Crippen LogP contribution in [-0.2, 0) is 14.3 Å². The van der Waals surface area contributed by atoms with Crippen LogP contribution >= 0.6 is 0 Å². The van der Waals surface area contributed by atoms with E-state index < -0.39 is 12.1 Å². The van der Waals surface area contributed by atoms with Crippen LogP contribution in [0.15, 0.2) is 48.5 Å². The van der Waals surface area contributed by atoms with Crippen molar-refractivity contribution < 1.29 is 24.2 Å². The second-order valence-electron chi connectivity index (χ2n) is 8.76. The topological polar surface area (TPSA) is 95.9 Å². The van der Waals surface area contributed by atoms with Crippen LogP contribution in [0.1, 0.15) is 56.1 Å². The van der Waals surface area contributed by atoms with E-state index in [2.05, 4.69) is 29.6 Å². The number of carbonyl (C=O) groups excluding carboxylic acids is 2. The fourth-order valence-corrected chi connectivity index (χ4v) is 5.01. The third kappa shape index (κ3) is 5.02. The molecule has 0 radical (unpaired) electrons. The Morgan fingerprint density at radius 1 is 1.09 bits per heavy atom. The Labute approximate surface area is 193 Å². The van der Waals surface area contributed by atoms with Crippen LogP contribution in [0.4, 0.5) is 4.79 Å². The lowest BCUT2D eigenvalue weighted by Gasteiger charge is -2.26. The van der Waals surface area contributed by atoms with Gasteiger partial charge in [0.25, 0.3) is 0 Å². The zero-order valence-corrected chi connectivity index (χ0v) is 18.8. The maximum absolute atomic E-state index is 12.8. The summed E-state index contributed by atoms with van der Waals surface area (Å²) in [6.45, 7) is 2.69. The van der Waals surface area contributed by atoms with Gasteiger partial charge in [0.15, 0.2) is 0 Å². The molecule has 0 saturated carbocycles. The lowest BCUT2D eigenvalue weighted by atomic mass is 9.98. The number of carbonyl (C=O) groups is 3. The van der Waals surface area contributed by atoms with Crippen LogP contribution < -0.4 is 5.32 Å². The molecule has 1 heterocycles. The standard InChI is InChI=1S/C26H30N2O5/c1-2-17(14-24(29)28-13-7-8-18(28)15-25(30)31)27-26(32)33-16-23-21-11-5-3-9-19(21)20-10-4-6-12-22(20)23/h3-6,9-12,17-18,23H,2,7-8,13-16H2,1H3,(H,27,32)(H,30,31)/t17-,18+/m1/s1. The van der Waals surface area contributed by atoms with Crippen molar-refractivity contribution in [1.29, 1.82) is 0 Å². The molecule has 4 rings (SSSR count). The third-order valence-corrected chi connectivity index (χ3v) is 6.69. The van der Waals surface area contributed by atoms with Crippen LogP contribution in [0.2, 0.25) is 0 Å². The van der Waals surface area contributed by atoms with Gasteiger partial charge in [0.1, 0.15) is 6.61 Å². The van der Waals surface area contributed by atoms with Gasteiger partial charge in [-0.3, -0.25) is 9.59 Å². The van der Waals surface area contributed by atoms with Gasteiger partial charge in [0, 0.05) is 31.0 Å². The molecule has 0 bridgehead atoms. The van der Waals surface area contributed by atoms with E-state index in [1.54, 1.807) is 4.90 Å². The molecule has 33 heavy (non-hydrogen) atoms. The summed E-state index contributed by atoms with van der Waals surface area (Å²) in [6.07, 6.45) is 1.64. The lowest BCUT2D eigenvalue weighted by Crippen LogP contribution is -2.43. The number of hydrogen-bond donors (Lipinski definition) is 2. The summed E-state index contributed by atoms with van der Waals surface area (Å²) in [4.78, 5) is 38.1. The highest BCUT2D eigenvalue weighted by atomic mass is 16.5. The van der Waals surface area contributed by atoms with Crippen molar-refractivity contribution in [2.45, 2.75) is 57.0 Å². The highest BCUT2D eigenvalue weighted by molar-refractivity contribution is 5.80. The van der Waals surface area contributed by atoms with Gasteiger partial charge in [-0.15, -0.1) is 0 Å². The van der Waals surface area contributed by atoms with Crippen molar-refractivity contribution >= 4 is 18.0 Å². The summed E-state index contributed by atoms with van der Waals surface area (Å²) in [5, 5.41) is 11.9. The summed E-state index contributed by atoms with van der Waals surface area (Å²) >= 11 is 0. The fraction of sp³-hybridized carbons (Fsp3) is 0.423. The van der Waals surface area contributed by atoms with Crippen LogP contribution in [0, 0.1) is 0 Å². The molecule has 2 aromatic rings. The first kappa shape index (κ1) is 22.8. The Balaban J connectivity index is 1.34. The SMILES string of the molecule is CC[C@H](CC(=O)N1CCC[C@H]1CC(=O)O)NC(=O)OCC1c2ccccc2-c2ccccc21. The third-order valence-electron chi connectivity index (χ3n) is 6.69. The minimum atomic E-state index is -0.900. The number of nitrogens with one attached hydrogen (secondary N) is 1. The second kappa shape index (κ2) is 10.1. The molecule has 1 aliphatic heterocycles. The largest absolute Gasteiger partial charge is 0.481 e. The molecule has 1 aliphatic carbocycles. The van der Waals surface area contributed by atoms with Crippen molar-refractivity contribution in [1.82, 2.24) is 10.2 Å². The summed E-state index contributed by atoms with van der Waals surface area (Å²) in [5.74, 6) is -1.04. The van der Waals surface area contributed by atoms with Crippen LogP contribution in [0.25, 0.3) is 11.1 Å². The summed E-state index contributed by atoms with van der Waals surface area (Å²) in [7, 11) is 0. The number of fused-ring (bicyclic) bond motifs is 3. The molecule has 2 atom stereocenters. The maximum Gasteiger partial charge on any atom is 0.407 e. The van der Waals surface area contributed by atoms with Gasteiger partial charge in [0.05, 0.1) is 6.42 Å². The number of nitrogens with zero attached hydrogens (tertiary/aromatic N) is 1. The first-order valence-electron chi connectivity index (χ1n) is 11.6. The van der Waals surface area contributed by atoms with E-state index in [4.69, 9.17) is 9.84 Å². The highest BCUT2D eigenvalue weighted by Crippen LogP contribution is 2.44. The normalized spacial score (nSPS) is 17.8. The van der Waals surface area contributed by atoms with Gasteiger partial charge in [-0.2, -0.15) is 0 Å². The van der Waals surface area contributed by atoms with Crippen molar-refractivity contribution in [2.24, 2.45) is 0 Å². The average molecular weight is 451 g/mol. The average Bonchev–Trinajstić information content (AvgIpc) is 3.39. The molecule has 2 N–H and O–H groups in total. The summed E-state index contributed by atoms with van der Waals surface area (Å²) in [6, 6.07) is 15.7. The van der Waals surface area contributed by atoms with E-state index in [9.17, 15) is 14.4 Å². The van der Waals surface area contributed by atoms with Crippen molar-refractivity contribution in [3.63, 3.8) is 0 Å². The van der Waals surface area contributed by atoms with Crippen LogP contribution in [0.3, 0.4) is 0 Å².